The zero-order chi connectivity index (χ0) is 12.1. The lowest BCUT2D eigenvalue weighted by molar-refractivity contribution is 0.00698. The van der Waals surface area contributed by atoms with Crippen molar-refractivity contribution in [1.82, 2.24) is 5.32 Å². The van der Waals surface area contributed by atoms with Gasteiger partial charge in [0, 0.05) is 18.7 Å². The molecular weight excluding hydrogens is 221 g/mol. The van der Waals surface area contributed by atoms with Crippen molar-refractivity contribution in [1.29, 1.82) is 0 Å². The van der Waals surface area contributed by atoms with E-state index in [1.54, 1.807) is 6.07 Å². The molecule has 1 unspecified atom stereocenters. The van der Waals surface area contributed by atoms with Crippen molar-refractivity contribution >= 4 is 0 Å². The van der Waals surface area contributed by atoms with E-state index in [1.807, 2.05) is 7.05 Å². The molecule has 1 aromatic rings. The minimum atomic E-state index is -0.234. The summed E-state index contributed by atoms with van der Waals surface area (Å²) in [6, 6.07) is 4.63. The Labute approximate surface area is 101 Å². The van der Waals surface area contributed by atoms with Crippen LogP contribution in [0, 0.1) is 5.82 Å². The molecule has 1 saturated heterocycles. The maximum atomic E-state index is 13.1. The van der Waals surface area contributed by atoms with Crippen LogP contribution >= 0.6 is 0 Å². The summed E-state index contributed by atoms with van der Waals surface area (Å²) in [6.07, 6.45) is 2.11. The van der Waals surface area contributed by atoms with Crippen molar-refractivity contribution in [3.05, 3.63) is 29.6 Å². The van der Waals surface area contributed by atoms with Crippen LogP contribution in [0.3, 0.4) is 0 Å². The summed E-state index contributed by atoms with van der Waals surface area (Å²) >= 11 is 0. The number of ether oxygens (including phenoxy) is 2. The first kappa shape index (κ1) is 12.3. The van der Waals surface area contributed by atoms with E-state index in [0.717, 1.165) is 30.8 Å². The van der Waals surface area contributed by atoms with Gasteiger partial charge in [-0.3, -0.25) is 0 Å². The molecule has 0 radical (unpaired) electrons. The van der Waals surface area contributed by atoms with E-state index in [0.29, 0.717) is 13.2 Å². The maximum Gasteiger partial charge on any atom is 0.124 e. The molecule has 2 rings (SSSR count). The summed E-state index contributed by atoms with van der Waals surface area (Å²) in [7, 11) is 1.83. The Hall–Kier alpha value is -1.13. The predicted octanol–water partition coefficient (Wildman–Crippen LogP) is 2.10. The third kappa shape index (κ3) is 3.41. The standard InChI is InChI=1S/C13H18FNO2/c1-15-8-10-7-11(14)4-5-13(10)17-12-3-2-6-16-9-12/h4-5,7,12,15H,2-3,6,8-9H2,1H3. The second kappa shape index (κ2) is 5.98. The van der Waals surface area contributed by atoms with Gasteiger partial charge in [0.1, 0.15) is 17.7 Å². The van der Waals surface area contributed by atoms with E-state index in [9.17, 15) is 4.39 Å². The second-order valence-corrected chi connectivity index (χ2v) is 4.24. The van der Waals surface area contributed by atoms with Gasteiger partial charge in [0.2, 0.25) is 0 Å². The number of hydrogen-bond acceptors (Lipinski definition) is 3. The number of nitrogens with one attached hydrogen (secondary N) is 1. The highest BCUT2D eigenvalue weighted by Crippen LogP contribution is 2.23. The molecule has 4 heteroatoms. The van der Waals surface area contributed by atoms with E-state index in [-0.39, 0.29) is 11.9 Å². The SMILES string of the molecule is CNCc1cc(F)ccc1OC1CCCOC1. The lowest BCUT2D eigenvalue weighted by atomic mass is 10.1. The van der Waals surface area contributed by atoms with Gasteiger partial charge >= 0.3 is 0 Å². The Morgan fingerprint density at radius 1 is 1.53 bits per heavy atom. The van der Waals surface area contributed by atoms with Crippen LogP contribution in [0.1, 0.15) is 18.4 Å². The van der Waals surface area contributed by atoms with Gasteiger partial charge in [-0.05, 0) is 38.1 Å². The number of benzene rings is 1. The van der Waals surface area contributed by atoms with Crippen molar-refractivity contribution < 1.29 is 13.9 Å². The minimum Gasteiger partial charge on any atom is -0.488 e. The normalized spacial score (nSPS) is 20.2. The number of rotatable bonds is 4. The summed E-state index contributed by atoms with van der Waals surface area (Å²) in [5.74, 6) is 0.513. The fraction of sp³-hybridized carbons (Fsp3) is 0.538. The molecule has 94 valence electrons. The Balaban J connectivity index is 2.07. The quantitative estimate of drug-likeness (QED) is 0.873. The maximum absolute atomic E-state index is 13.1. The molecule has 3 nitrogen and oxygen atoms in total. The van der Waals surface area contributed by atoms with Crippen LogP contribution in [0.15, 0.2) is 18.2 Å². The van der Waals surface area contributed by atoms with Crippen molar-refractivity contribution in [3.63, 3.8) is 0 Å². The average Bonchev–Trinajstić information content (AvgIpc) is 2.34. The highest BCUT2D eigenvalue weighted by molar-refractivity contribution is 5.34. The van der Waals surface area contributed by atoms with Gasteiger partial charge in [-0.2, -0.15) is 0 Å². The smallest absolute Gasteiger partial charge is 0.124 e. The van der Waals surface area contributed by atoms with Gasteiger partial charge in [-0.25, -0.2) is 4.39 Å². The monoisotopic (exact) mass is 239 g/mol. The molecule has 0 aliphatic carbocycles. The van der Waals surface area contributed by atoms with E-state index in [1.165, 1.54) is 12.1 Å². The summed E-state index contributed by atoms with van der Waals surface area (Å²) in [4.78, 5) is 0. The molecule has 1 aliphatic heterocycles. The van der Waals surface area contributed by atoms with Crippen molar-refractivity contribution in [3.8, 4) is 5.75 Å². The van der Waals surface area contributed by atoms with Crippen molar-refractivity contribution in [2.75, 3.05) is 20.3 Å². The zero-order valence-electron chi connectivity index (χ0n) is 10.0. The third-order valence-electron chi connectivity index (χ3n) is 2.80. The Bertz CT molecular complexity index is 364. The van der Waals surface area contributed by atoms with Gasteiger partial charge in [0.25, 0.3) is 0 Å². The van der Waals surface area contributed by atoms with Crippen LogP contribution in [0.2, 0.25) is 0 Å². The van der Waals surface area contributed by atoms with Gasteiger partial charge in [-0.1, -0.05) is 0 Å². The van der Waals surface area contributed by atoms with Gasteiger partial charge in [0.05, 0.1) is 6.61 Å². The van der Waals surface area contributed by atoms with Gasteiger partial charge in [0.15, 0.2) is 0 Å². The summed E-state index contributed by atoms with van der Waals surface area (Å²) in [5, 5.41) is 3.01. The van der Waals surface area contributed by atoms with Gasteiger partial charge in [-0.15, -0.1) is 0 Å². The molecule has 1 aromatic carbocycles. The first-order valence-corrected chi connectivity index (χ1v) is 5.97. The first-order valence-electron chi connectivity index (χ1n) is 5.97. The lowest BCUT2D eigenvalue weighted by Crippen LogP contribution is -2.28. The van der Waals surface area contributed by atoms with Crippen LogP contribution in [-0.4, -0.2) is 26.4 Å². The average molecular weight is 239 g/mol. The molecule has 0 aromatic heterocycles. The molecule has 0 spiro atoms. The predicted molar refractivity (Wildman–Crippen MR) is 63.6 cm³/mol. The van der Waals surface area contributed by atoms with Crippen LogP contribution in [-0.2, 0) is 11.3 Å². The van der Waals surface area contributed by atoms with Crippen molar-refractivity contribution in [2.24, 2.45) is 0 Å². The molecule has 1 N–H and O–H groups in total. The Kier molecular flexibility index (Phi) is 4.34. The second-order valence-electron chi connectivity index (χ2n) is 4.24. The highest BCUT2D eigenvalue weighted by atomic mass is 19.1. The van der Waals surface area contributed by atoms with E-state index >= 15 is 0 Å². The Morgan fingerprint density at radius 2 is 2.41 bits per heavy atom. The highest BCUT2D eigenvalue weighted by Gasteiger charge is 2.17. The topological polar surface area (TPSA) is 30.5 Å². The van der Waals surface area contributed by atoms with Gasteiger partial charge < -0.3 is 14.8 Å². The van der Waals surface area contributed by atoms with E-state index in [4.69, 9.17) is 9.47 Å². The molecule has 1 aliphatic rings. The fourth-order valence-corrected chi connectivity index (χ4v) is 1.98. The fourth-order valence-electron chi connectivity index (χ4n) is 1.98. The summed E-state index contributed by atoms with van der Waals surface area (Å²) in [5.41, 5.74) is 0.845. The molecule has 0 bridgehead atoms. The van der Waals surface area contributed by atoms with Crippen LogP contribution in [0.4, 0.5) is 4.39 Å². The lowest BCUT2D eigenvalue weighted by Gasteiger charge is -2.24. The van der Waals surface area contributed by atoms with E-state index < -0.39 is 0 Å². The summed E-state index contributed by atoms with van der Waals surface area (Å²) < 4.78 is 24.4. The molecule has 0 saturated carbocycles. The number of hydrogen-bond donors (Lipinski definition) is 1. The van der Waals surface area contributed by atoms with Crippen LogP contribution in [0.25, 0.3) is 0 Å². The largest absolute Gasteiger partial charge is 0.488 e. The van der Waals surface area contributed by atoms with Crippen LogP contribution < -0.4 is 10.1 Å². The minimum absolute atomic E-state index is 0.0878. The first-order chi connectivity index (χ1) is 8.29. The summed E-state index contributed by atoms with van der Waals surface area (Å²) in [6.45, 7) is 2.03. The molecule has 0 amide bonds. The Morgan fingerprint density at radius 3 is 3.12 bits per heavy atom. The molecular formula is C13H18FNO2. The zero-order valence-corrected chi connectivity index (χ0v) is 10.0. The third-order valence-corrected chi connectivity index (χ3v) is 2.80. The molecule has 1 fully saturated rings. The van der Waals surface area contributed by atoms with Crippen LogP contribution in [0.5, 0.6) is 5.75 Å². The molecule has 1 atom stereocenters. The molecule has 1 heterocycles. The van der Waals surface area contributed by atoms with E-state index in [2.05, 4.69) is 5.32 Å². The van der Waals surface area contributed by atoms with Crippen molar-refractivity contribution in [2.45, 2.75) is 25.5 Å². The molecule has 17 heavy (non-hydrogen) atoms. The number of halogens is 1.